The first-order chi connectivity index (χ1) is 8.75. The van der Waals surface area contributed by atoms with Gasteiger partial charge in [-0.3, -0.25) is 4.79 Å². The summed E-state index contributed by atoms with van der Waals surface area (Å²) < 4.78 is 5.69. The molecule has 1 aliphatic heterocycles. The van der Waals surface area contributed by atoms with E-state index in [4.69, 9.17) is 9.84 Å². The van der Waals surface area contributed by atoms with Crippen molar-refractivity contribution in [3.8, 4) is 0 Å². The van der Waals surface area contributed by atoms with E-state index in [1.807, 2.05) is 0 Å². The molecule has 4 heteroatoms. The number of hydrogen-bond donors (Lipinski definition) is 2. The van der Waals surface area contributed by atoms with Gasteiger partial charge in [-0.1, -0.05) is 6.42 Å². The molecule has 1 aliphatic carbocycles. The van der Waals surface area contributed by atoms with Crippen LogP contribution in [0.4, 0.5) is 0 Å². The Morgan fingerprint density at radius 3 is 2.83 bits per heavy atom. The van der Waals surface area contributed by atoms with E-state index in [1.54, 1.807) is 0 Å². The van der Waals surface area contributed by atoms with Crippen molar-refractivity contribution in [1.82, 2.24) is 5.32 Å². The topological polar surface area (TPSA) is 58.6 Å². The van der Waals surface area contributed by atoms with E-state index in [-0.39, 0.29) is 5.92 Å². The fourth-order valence-electron chi connectivity index (χ4n) is 3.08. The Bertz CT molecular complexity index is 264. The largest absolute Gasteiger partial charge is 0.481 e. The number of carbonyl (C=O) groups is 1. The molecule has 3 unspecified atom stereocenters. The van der Waals surface area contributed by atoms with Crippen LogP contribution in [0.5, 0.6) is 0 Å². The number of carboxylic acids is 1. The molecule has 0 radical (unpaired) electrons. The molecule has 1 saturated heterocycles. The van der Waals surface area contributed by atoms with E-state index in [0.29, 0.717) is 12.1 Å². The van der Waals surface area contributed by atoms with Crippen molar-refractivity contribution >= 4 is 5.97 Å². The third-order valence-corrected chi connectivity index (χ3v) is 4.20. The summed E-state index contributed by atoms with van der Waals surface area (Å²) in [5.74, 6) is -0.765. The summed E-state index contributed by atoms with van der Waals surface area (Å²) in [6.07, 6.45) is 8.95. The van der Waals surface area contributed by atoms with Gasteiger partial charge in [-0.25, -0.2) is 0 Å². The highest BCUT2D eigenvalue weighted by molar-refractivity contribution is 5.70. The molecule has 2 aliphatic rings. The molecule has 0 spiro atoms. The lowest BCUT2D eigenvalue weighted by atomic mass is 9.86. The molecule has 2 rings (SSSR count). The van der Waals surface area contributed by atoms with Crippen LogP contribution in [0.15, 0.2) is 0 Å². The number of aliphatic carboxylic acids is 1. The number of carboxylic acid groups (broad SMARTS) is 1. The Morgan fingerprint density at radius 1 is 1.22 bits per heavy atom. The van der Waals surface area contributed by atoms with Gasteiger partial charge in [-0.2, -0.15) is 0 Å². The second-order valence-corrected chi connectivity index (χ2v) is 5.63. The van der Waals surface area contributed by atoms with Crippen LogP contribution in [-0.2, 0) is 9.53 Å². The van der Waals surface area contributed by atoms with Crippen LogP contribution in [-0.4, -0.2) is 36.4 Å². The minimum Gasteiger partial charge on any atom is -0.481 e. The first-order valence-electron chi connectivity index (χ1n) is 7.33. The quantitative estimate of drug-likeness (QED) is 0.790. The van der Waals surface area contributed by atoms with E-state index in [1.165, 1.54) is 19.3 Å². The number of nitrogens with one attached hydrogen (secondary N) is 1. The van der Waals surface area contributed by atoms with Crippen molar-refractivity contribution in [3.63, 3.8) is 0 Å². The molecule has 2 N–H and O–H groups in total. The van der Waals surface area contributed by atoms with Gasteiger partial charge in [-0.05, 0) is 51.5 Å². The van der Waals surface area contributed by atoms with Gasteiger partial charge in [0.1, 0.15) is 0 Å². The fraction of sp³-hybridized carbons (Fsp3) is 0.929. The summed E-state index contributed by atoms with van der Waals surface area (Å²) in [6, 6.07) is 0.392. The minimum absolute atomic E-state index is 0.137. The van der Waals surface area contributed by atoms with Gasteiger partial charge in [0, 0.05) is 12.6 Å². The standard InChI is InChI=1S/C14H25NO3/c16-14(17)11-4-3-5-12(10-11)15-8-7-13-6-1-2-9-18-13/h11-13,15H,1-10H2,(H,16,17). The van der Waals surface area contributed by atoms with Crippen molar-refractivity contribution in [1.29, 1.82) is 0 Å². The summed E-state index contributed by atoms with van der Waals surface area (Å²) >= 11 is 0. The Balaban J connectivity index is 1.62. The van der Waals surface area contributed by atoms with Gasteiger partial charge < -0.3 is 15.2 Å². The van der Waals surface area contributed by atoms with E-state index in [9.17, 15) is 4.79 Å². The van der Waals surface area contributed by atoms with Gasteiger partial charge in [0.25, 0.3) is 0 Å². The van der Waals surface area contributed by atoms with Crippen LogP contribution < -0.4 is 5.32 Å². The first-order valence-corrected chi connectivity index (χ1v) is 7.33. The van der Waals surface area contributed by atoms with Crippen LogP contribution in [0.1, 0.15) is 51.4 Å². The minimum atomic E-state index is -0.628. The van der Waals surface area contributed by atoms with Crippen LogP contribution in [0.25, 0.3) is 0 Å². The third-order valence-electron chi connectivity index (χ3n) is 4.20. The van der Waals surface area contributed by atoms with Crippen molar-refractivity contribution in [2.24, 2.45) is 5.92 Å². The van der Waals surface area contributed by atoms with Crippen LogP contribution in [0.3, 0.4) is 0 Å². The molecule has 1 saturated carbocycles. The average molecular weight is 255 g/mol. The van der Waals surface area contributed by atoms with E-state index >= 15 is 0 Å². The molecule has 3 atom stereocenters. The monoisotopic (exact) mass is 255 g/mol. The van der Waals surface area contributed by atoms with Crippen molar-refractivity contribution in [2.75, 3.05) is 13.2 Å². The Labute approximate surface area is 109 Å². The van der Waals surface area contributed by atoms with Crippen molar-refractivity contribution < 1.29 is 14.6 Å². The van der Waals surface area contributed by atoms with E-state index in [2.05, 4.69) is 5.32 Å². The lowest BCUT2D eigenvalue weighted by Crippen LogP contribution is -2.38. The van der Waals surface area contributed by atoms with Gasteiger partial charge >= 0.3 is 5.97 Å². The molecule has 104 valence electrons. The molecular formula is C14H25NO3. The first kappa shape index (κ1) is 13.8. The number of ether oxygens (including phenoxy) is 1. The second-order valence-electron chi connectivity index (χ2n) is 5.63. The summed E-state index contributed by atoms with van der Waals surface area (Å²) in [6.45, 7) is 1.87. The third kappa shape index (κ3) is 4.25. The van der Waals surface area contributed by atoms with Gasteiger partial charge in [0.05, 0.1) is 12.0 Å². The van der Waals surface area contributed by atoms with Crippen LogP contribution in [0.2, 0.25) is 0 Å². The Hall–Kier alpha value is -0.610. The highest BCUT2D eigenvalue weighted by Crippen LogP contribution is 2.24. The fourth-order valence-corrected chi connectivity index (χ4v) is 3.08. The van der Waals surface area contributed by atoms with Crippen LogP contribution >= 0.6 is 0 Å². The van der Waals surface area contributed by atoms with E-state index in [0.717, 1.165) is 45.3 Å². The molecule has 0 aromatic rings. The highest BCUT2D eigenvalue weighted by atomic mass is 16.5. The maximum atomic E-state index is 11.0. The maximum absolute atomic E-state index is 11.0. The van der Waals surface area contributed by atoms with Crippen molar-refractivity contribution in [2.45, 2.75) is 63.5 Å². The zero-order chi connectivity index (χ0) is 12.8. The predicted octanol–water partition coefficient (Wildman–Crippen LogP) is 2.18. The van der Waals surface area contributed by atoms with Gasteiger partial charge in [0.2, 0.25) is 0 Å². The molecule has 0 bridgehead atoms. The second kappa shape index (κ2) is 7.10. The Morgan fingerprint density at radius 2 is 2.11 bits per heavy atom. The van der Waals surface area contributed by atoms with E-state index < -0.39 is 5.97 Å². The number of rotatable bonds is 5. The van der Waals surface area contributed by atoms with Gasteiger partial charge in [0.15, 0.2) is 0 Å². The average Bonchev–Trinajstić information content (AvgIpc) is 2.40. The SMILES string of the molecule is O=C(O)C1CCCC(NCCC2CCCCO2)C1. The van der Waals surface area contributed by atoms with Crippen LogP contribution in [0, 0.1) is 5.92 Å². The predicted molar refractivity (Wildman–Crippen MR) is 69.6 cm³/mol. The molecule has 0 aromatic carbocycles. The highest BCUT2D eigenvalue weighted by Gasteiger charge is 2.26. The maximum Gasteiger partial charge on any atom is 0.306 e. The summed E-state index contributed by atoms with van der Waals surface area (Å²) in [7, 11) is 0. The smallest absolute Gasteiger partial charge is 0.306 e. The summed E-state index contributed by atoms with van der Waals surface area (Å²) in [5.41, 5.74) is 0. The molecule has 1 heterocycles. The molecule has 0 aromatic heterocycles. The molecule has 0 amide bonds. The molecule has 18 heavy (non-hydrogen) atoms. The normalized spacial score (nSPS) is 33.2. The zero-order valence-corrected chi connectivity index (χ0v) is 11.1. The zero-order valence-electron chi connectivity index (χ0n) is 11.1. The van der Waals surface area contributed by atoms with Crippen molar-refractivity contribution in [3.05, 3.63) is 0 Å². The van der Waals surface area contributed by atoms with Gasteiger partial charge in [-0.15, -0.1) is 0 Å². The number of hydrogen-bond acceptors (Lipinski definition) is 3. The summed E-state index contributed by atoms with van der Waals surface area (Å²) in [4.78, 5) is 11.0. The Kier molecular flexibility index (Phi) is 5.45. The molecular weight excluding hydrogens is 230 g/mol. The molecule has 2 fully saturated rings. The molecule has 4 nitrogen and oxygen atoms in total. The summed E-state index contributed by atoms with van der Waals surface area (Å²) in [5, 5.41) is 12.5. The lowest BCUT2D eigenvalue weighted by molar-refractivity contribution is -0.143. The lowest BCUT2D eigenvalue weighted by Gasteiger charge is -2.28.